The van der Waals surface area contributed by atoms with Crippen LogP contribution in [0.3, 0.4) is 0 Å². The third-order valence-corrected chi connectivity index (χ3v) is 3.76. The SMILES string of the molecule is CC(C)c1ccccc1-n1c(N)cc2ccccc2c1=O. The van der Waals surface area contributed by atoms with Gasteiger partial charge in [-0.25, -0.2) is 0 Å². The van der Waals surface area contributed by atoms with Gasteiger partial charge in [-0.1, -0.05) is 50.2 Å². The third-order valence-electron chi connectivity index (χ3n) is 3.76. The van der Waals surface area contributed by atoms with E-state index < -0.39 is 0 Å². The summed E-state index contributed by atoms with van der Waals surface area (Å²) in [5.74, 6) is 0.783. The van der Waals surface area contributed by atoms with Gasteiger partial charge in [-0.2, -0.15) is 0 Å². The van der Waals surface area contributed by atoms with Crippen molar-refractivity contribution in [3.63, 3.8) is 0 Å². The minimum Gasteiger partial charge on any atom is -0.385 e. The van der Waals surface area contributed by atoms with Crippen LogP contribution in [0.5, 0.6) is 0 Å². The number of fused-ring (bicyclic) bond motifs is 1. The van der Waals surface area contributed by atoms with E-state index in [-0.39, 0.29) is 5.56 Å². The second-order valence-corrected chi connectivity index (χ2v) is 5.51. The molecule has 0 amide bonds. The summed E-state index contributed by atoms with van der Waals surface area (Å²) in [6.07, 6.45) is 0. The van der Waals surface area contributed by atoms with E-state index >= 15 is 0 Å². The lowest BCUT2D eigenvalue weighted by Gasteiger charge is -2.17. The van der Waals surface area contributed by atoms with Crippen LogP contribution in [0.2, 0.25) is 0 Å². The summed E-state index contributed by atoms with van der Waals surface area (Å²) in [4.78, 5) is 12.8. The molecule has 0 spiro atoms. The molecule has 0 unspecified atom stereocenters. The normalized spacial score (nSPS) is 11.2. The maximum absolute atomic E-state index is 12.8. The molecule has 0 aliphatic rings. The second kappa shape index (κ2) is 5.09. The van der Waals surface area contributed by atoms with Crippen molar-refractivity contribution in [2.75, 3.05) is 5.73 Å². The van der Waals surface area contributed by atoms with Gasteiger partial charge in [0.25, 0.3) is 5.56 Å². The zero-order chi connectivity index (χ0) is 15.0. The van der Waals surface area contributed by atoms with Crippen LogP contribution >= 0.6 is 0 Å². The third kappa shape index (κ3) is 2.21. The molecular formula is C18H18N2O. The predicted octanol–water partition coefficient (Wildman–Crippen LogP) is 3.70. The molecule has 3 aromatic rings. The zero-order valence-corrected chi connectivity index (χ0v) is 12.2. The summed E-state index contributed by atoms with van der Waals surface area (Å²) in [5, 5.41) is 1.56. The van der Waals surface area contributed by atoms with Gasteiger partial charge >= 0.3 is 0 Å². The van der Waals surface area contributed by atoms with Gasteiger partial charge in [-0.05, 0) is 35.1 Å². The Bertz CT molecular complexity index is 862. The monoisotopic (exact) mass is 278 g/mol. The lowest BCUT2D eigenvalue weighted by atomic mass is 10.0. The molecule has 2 aromatic carbocycles. The van der Waals surface area contributed by atoms with Crippen LogP contribution in [0.25, 0.3) is 16.5 Å². The Hall–Kier alpha value is -2.55. The Morgan fingerprint density at radius 1 is 1.00 bits per heavy atom. The molecule has 106 valence electrons. The van der Waals surface area contributed by atoms with Gasteiger partial charge < -0.3 is 5.73 Å². The molecule has 0 bridgehead atoms. The number of hydrogen-bond donors (Lipinski definition) is 1. The first-order valence-corrected chi connectivity index (χ1v) is 7.09. The van der Waals surface area contributed by atoms with E-state index in [9.17, 15) is 4.79 Å². The molecule has 0 fully saturated rings. The summed E-state index contributed by atoms with van der Waals surface area (Å²) in [5.41, 5.74) is 8.06. The molecule has 0 aliphatic carbocycles. The van der Waals surface area contributed by atoms with E-state index in [4.69, 9.17) is 5.73 Å². The highest BCUT2D eigenvalue weighted by molar-refractivity contribution is 5.84. The molecule has 1 heterocycles. The maximum atomic E-state index is 12.8. The number of nitrogen functional groups attached to an aromatic ring is 1. The lowest BCUT2D eigenvalue weighted by Crippen LogP contribution is -2.22. The summed E-state index contributed by atoms with van der Waals surface area (Å²) >= 11 is 0. The van der Waals surface area contributed by atoms with Crippen LogP contribution in [0, 0.1) is 0 Å². The van der Waals surface area contributed by atoms with Gasteiger partial charge in [-0.15, -0.1) is 0 Å². The van der Waals surface area contributed by atoms with Crippen molar-refractivity contribution in [1.29, 1.82) is 0 Å². The van der Waals surface area contributed by atoms with Crippen LogP contribution in [0.4, 0.5) is 5.82 Å². The van der Waals surface area contributed by atoms with Gasteiger partial charge in [-0.3, -0.25) is 9.36 Å². The molecule has 0 saturated heterocycles. The average Bonchev–Trinajstić information content (AvgIpc) is 2.47. The molecule has 0 aliphatic heterocycles. The number of para-hydroxylation sites is 1. The second-order valence-electron chi connectivity index (χ2n) is 5.51. The molecule has 0 atom stereocenters. The minimum absolute atomic E-state index is 0.0706. The topological polar surface area (TPSA) is 48.0 Å². The van der Waals surface area contributed by atoms with Crippen molar-refractivity contribution < 1.29 is 0 Å². The molecular weight excluding hydrogens is 260 g/mol. The molecule has 2 N–H and O–H groups in total. The quantitative estimate of drug-likeness (QED) is 0.777. The predicted molar refractivity (Wildman–Crippen MR) is 88.0 cm³/mol. The van der Waals surface area contributed by atoms with Gasteiger partial charge in [0.15, 0.2) is 0 Å². The molecule has 3 heteroatoms. The van der Waals surface area contributed by atoms with Crippen molar-refractivity contribution >= 4 is 16.6 Å². The van der Waals surface area contributed by atoms with Crippen molar-refractivity contribution in [2.24, 2.45) is 0 Å². The first kappa shape index (κ1) is 13.4. The fourth-order valence-electron chi connectivity index (χ4n) is 2.71. The van der Waals surface area contributed by atoms with Gasteiger partial charge in [0.1, 0.15) is 5.82 Å². The smallest absolute Gasteiger partial charge is 0.264 e. The Balaban J connectivity index is 2.39. The molecule has 0 radical (unpaired) electrons. The number of pyridine rings is 1. The average molecular weight is 278 g/mol. The number of benzene rings is 2. The van der Waals surface area contributed by atoms with E-state index in [1.807, 2.05) is 54.6 Å². The van der Waals surface area contributed by atoms with Crippen molar-refractivity contribution in [3.05, 3.63) is 70.5 Å². The Morgan fingerprint density at radius 2 is 1.67 bits per heavy atom. The fourth-order valence-corrected chi connectivity index (χ4v) is 2.71. The standard InChI is InChI=1S/C18H18N2O/c1-12(2)14-8-5-6-10-16(14)20-17(19)11-13-7-3-4-9-15(13)18(20)21/h3-12H,19H2,1-2H3. The van der Waals surface area contributed by atoms with Crippen LogP contribution in [0.15, 0.2) is 59.4 Å². The van der Waals surface area contributed by atoms with E-state index in [0.717, 1.165) is 16.6 Å². The van der Waals surface area contributed by atoms with Gasteiger partial charge in [0, 0.05) is 5.39 Å². The van der Waals surface area contributed by atoms with E-state index in [1.54, 1.807) is 4.57 Å². The Labute approximate surface area is 123 Å². The van der Waals surface area contributed by atoms with E-state index in [1.165, 1.54) is 0 Å². The summed E-state index contributed by atoms with van der Waals surface area (Å²) in [6, 6.07) is 17.3. The summed E-state index contributed by atoms with van der Waals surface area (Å²) < 4.78 is 1.61. The van der Waals surface area contributed by atoms with Crippen molar-refractivity contribution in [2.45, 2.75) is 19.8 Å². The fraction of sp³-hybridized carbons (Fsp3) is 0.167. The first-order valence-electron chi connectivity index (χ1n) is 7.09. The molecule has 0 saturated carbocycles. The van der Waals surface area contributed by atoms with Gasteiger partial charge in [0.05, 0.1) is 5.69 Å². The van der Waals surface area contributed by atoms with E-state index in [2.05, 4.69) is 13.8 Å². The number of rotatable bonds is 2. The minimum atomic E-state index is -0.0706. The van der Waals surface area contributed by atoms with Crippen molar-refractivity contribution in [3.8, 4) is 5.69 Å². The largest absolute Gasteiger partial charge is 0.385 e. The summed E-state index contributed by atoms with van der Waals surface area (Å²) in [6.45, 7) is 4.22. The highest BCUT2D eigenvalue weighted by atomic mass is 16.1. The van der Waals surface area contributed by atoms with Crippen LogP contribution in [-0.2, 0) is 0 Å². The van der Waals surface area contributed by atoms with Crippen LogP contribution < -0.4 is 11.3 Å². The number of nitrogens with zero attached hydrogens (tertiary/aromatic N) is 1. The van der Waals surface area contributed by atoms with Gasteiger partial charge in [0.2, 0.25) is 0 Å². The van der Waals surface area contributed by atoms with Crippen LogP contribution in [-0.4, -0.2) is 4.57 Å². The number of aromatic nitrogens is 1. The first-order chi connectivity index (χ1) is 10.1. The lowest BCUT2D eigenvalue weighted by molar-refractivity contribution is 0.843. The molecule has 3 rings (SSSR count). The highest BCUT2D eigenvalue weighted by Gasteiger charge is 2.13. The number of anilines is 1. The van der Waals surface area contributed by atoms with E-state index in [0.29, 0.717) is 17.1 Å². The maximum Gasteiger partial charge on any atom is 0.264 e. The molecule has 3 nitrogen and oxygen atoms in total. The summed E-state index contributed by atoms with van der Waals surface area (Å²) in [7, 11) is 0. The molecule has 1 aromatic heterocycles. The number of nitrogens with two attached hydrogens (primary N) is 1. The Kier molecular flexibility index (Phi) is 3.26. The van der Waals surface area contributed by atoms with Crippen LogP contribution in [0.1, 0.15) is 25.3 Å². The molecule has 21 heavy (non-hydrogen) atoms. The zero-order valence-electron chi connectivity index (χ0n) is 12.2. The number of hydrogen-bond acceptors (Lipinski definition) is 2. The Morgan fingerprint density at radius 3 is 2.43 bits per heavy atom. The van der Waals surface area contributed by atoms with Crippen molar-refractivity contribution in [1.82, 2.24) is 4.57 Å². The highest BCUT2D eigenvalue weighted by Crippen LogP contribution is 2.25.